The van der Waals surface area contributed by atoms with E-state index in [1.165, 1.54) is 10.5 Å². The fourth-order valence-corrected chi connectivity index (χ4v) is 4.02. The fraction of sp³-hybridized carbons (Fsp3) is 0.350. The maximum atomic E-state index is 12.8. The van der Waals surface area contributed by atoms with Gasteiger partial charge in [-0.15, -0.1) is 24.2 Å². The lowest BCUT2D eigenvalue weighted by Crippen LogP contribution is -2.32. The molecule has 0 aromatic heterocycles. The highest BCUT2D eigenvalue weighted by atomic mass is 35.5. The zero-order valence-corrected chi connectivity index (χ0v) is 16.2. The van der Waals surface area contributed by atoms with Gasteiger partial charge in [0.25, 0.3) is 5.91 Å². The molecule has 3 rings (SSSR count). The van der Waals surface area contributed by atoms with Crippen LogP contribution in [0.3, 0.4) is 0 Å². The molecule has 5 heteroatoms. The molecule has 3 nitrogen and oxygen atoms in total. The minimum atomic E-state index is -0.00730. The largest absolute Gasteiger partial charge is 0.336 e. The zero-order valence-electron chi connectivity index (χ0n) is 14.6. The number of nitrogens with zero attached hydrogens (tertiary/aromatic N) is 1. The van der Waals surface area contributed by atoms with Crippen LogP contribution in [0, 0.1) is 0 Å². The lowest BCUT2D eigenvalue weighted by Gasteiger charge is -2.17. The highest BCUT2D eigenvalue weighted by molar-refractivity contribution is 7.99. The number of carbonyl (C=O) groups is 1. The van der Waals surface area contributed by atoms with Crippen LogP contribution >= 0.6 is 24.2 Å². The molecule has 1 aliphatic rings. The third kappa shape index (κ3) is 4.78. The number of rotatable bonds is 4. The quantitative estimate of drug-likeness (QED) is 0.814. The van der Waals surface area contributed by atoms with E-state index in [0.717, 1.165) is 5.56 Å². The summed E-state index contributed by atoms with van der Waals surface area (Å²) in [5.41, 5.74) is 8.25. The maximum absolute atomic E-state index is 12.8. The van der Waals surface area contributed by atoms with Gasteiger partial charge in [0, 0.05) is 40.8 Å². The van der Waals surface area contributed by atoms with Gasteiger partial charge in [0.2, 0.25) is 0 Å². The van der Waals surface area contributed by atoms with Crippen molar-refractivity contribution in [3.8, 4) is 0 Å². The Balaban J connectivity index is 0.00000225. The molecule has 0 radical (unpaired) electrons. The van der Waals surface area contributed by atoms with Crippen LogP contribution in [0.1, 0.15) is 35.7 Å². The SMILES string of the molecule is CC(C)Sc1ccc(C(=O)N2C[C@@H](N)[C@H](c3ccccc3)C2)cc1.Cl. The fourth-order valence-electron chi connectivity index (χ4n) is 3.18. The van der Waals surface area contributed by atoms with Gasteiger partial charge in [-0.1, -0.05) is 44.2 Å². The first kappa shape index (κ1) is 19.8. The number of hydrogen-bond donors (Lipinski definition) is 1. The molecule has 0 bridgehead atoms. The van der Waals surface area contributed by atoms with Gasteiger partial charge in [-0.25, -0.2) is 0 Å². The molecule has 0 aliphatic carbocycles. The normalized spacial score (nSPS) is 19.8. The number of benzene rings is 2. The van der Waals surface area contributed by atoms with Gasteiger partial charge in [-0.3, -0.25) is 4.79 Å². The van der Waals surface area contributed by atoms with E-state index in [0.29, 0.717) is 18.3 Å². The molecule has 2 atom stereocenters. The van der Waals surface area contributed by atoms with E-state index >= 15 is 0 Å². The van der Waals surface area contributed by atoms with Crippen LogP contribution in [0.5, 0.6) is 0 Å². The molecule has 1 saturated heterocycles. The van der Waals surface area contributed by atoms with Gasteiger partial charge in [-0.05, 0) is 29.8 Å². The van der Waals surface area contributed by atoms with Crippen LogP contribution in [-0.2, 0) is 0 Å². The minimum absolute atomic E-state index is 0. The lowest BCUT2D eigenvalue weighted by molar-refractivity contribution is 0.0789. The Morgan fingerprint density at radius 1 is 1.08 bits per heavy atom. The lowest BCUT2D eigenvalue weighted by atomic mass is 9.95. The molecule has 1 amide bonds. The Kier molecular flexibility index (Phi) is 6.94. The van der Waals surface area contributed by atoms with Crippen molar-refractivity contribution >= 4 is 30.1 Å². The summed E-state index contributed by atoms with van der Waals surface area (Å²) in [7, 11) is 0. The molecule has 0 saturated carbocycles. The Labute approximate surface area is 160 Å². The Morgan fingerprint density at radius 3 is 2.32 bits per heavy atom. The summed E-state index contributed by atoms with van der Waals surface area (Å²) >= 11 is 1.80. The van der Waals surface area contributed by atoms with Crippen molar-refractivity contribution in [3.63, 3.8) is 0 Å². The first-order valence-electron chi connectivity index (χ1n) is 8.41. The molecule has 1 heterocycles. The maximum Gasteiger partial charge on any atom is 0.253 e. The number of amides is 1. The van der Waals surface area contributed by atoms with Crippen molar-refractivity contribution in [1.82, 2.24) is 4.90 Å². The Hall–Kier alpha value is -1.49. The van der Waals surface area contributed by atoms with Gasteiger partial charge in [0.15, 0.2) is 0 Å². The van der Waals surface area contributed by atoms with E-state index in [1.807, 2.05) is 47.4 Å². The van der Waals surface area contributed by atoms with Crippen molar-refractivity contribution < 1.29 is 4.79 Å². The molecule has 134 valence electrons. The molecular weight excluding hydrogens is 352 g/mol. The number of hydrogen-bond acceptors (Lipinski definition) is 3. The highest BCUT2D eigenvalue weighted by Crippen LogP contribution is 2.28. The van der Waals surface area contributed by atoms with Crippen molar-refractivity contribution in [3.05, 3.63) is 65.7 Å². The van der Waals surface area contributed by atoms with E-state index in [1.54, 1.807) is 11.8 Å². The summed E-state index contributed by atoms with van der Waals surface area (Å²) < 4.78 is 0. The van der Waals surface area contributed by atoms with E-state index < -0.39 is 0 Å². The summed E-state index contributed by atoms with van der Waals surface area (Å²) in [5, 5.41) is 0.537. The predicted molar refractivity (Wildman–Crippen MR) is 108 cm³/mol. The summed E-state index contributed by atoms with van der Waals surface area (Å²) in [6.07, 6.45) is 0. The third-order valence-corrected chi connectivity index (χ3v) is 5.37. The van der Waals surface area contributed by atoms with Crippen molar-refractivity contribution in [1.29, 1.82) is 0 Å². The van der Waals surface area contributed by atoms with Crippen LogP contribution in [0.15, 0.2) is 59.5 Å². The second-order valence-electron chi connectivity index (χ2n) is 6.58. The molecule has 2 N–H and O–H groups in total. The van der Waals surface area contributed by atoms with Crippen LogP contribution in [0.25, 0.3) is 0 Å². The molecule has 25 heavy (non-hydrogen) atoms. The zero-order chi connectivity index (χ0) is 17.1. The van der Waals surface area contributed by atoms with Crippen LogP contribution in [0.2, 0.25) is 0 Å². The van der Waals surface area contributed by atoms with Gasteiger partial charge in [0.1, 0.15) is 0 Å². The monoisotopic (exact) mass is 376 g/mol. The molecule has 1 aliphatic heterocycles. The molecule has 0 spiro atoms. The first-order chi connectivity index (χ1) is 11.5. The van der Waals surface area contributed by atoms with Gasteiger partial charge < -0.3 is 10.6 Å². The Morgan fingerprint density at radius 2 is 1.72 bits per heavy atom. The van der Waals surface area contributed by atoms with Crippen LogP contribution in [0.4, 0.5) is 0 Å². The highest BCUT2D eigenvalue weighted by Gasteiger charge is 2.34. The van der Waals surface area contributed by atoms with Crippen molar-refractivity contribution in [2.24, 2.45) is 5.73 Å². The second-order valence-corrected chi connectivity index (χ2v) is 8.23. The molecular formula is C20H25ClN2OS. The van der Waals surface area contributed by atoms with E-state index in [9.17, 15) is 4.79 Å². The first-order valence-corrected chi connectivity index (χ1v) is 9.29. The van der Waals surface area contributed by atoms with E-state index in [4.69, 9.17) is 5.73 Å². The summed E-state index contributed by atoms with van der Waals surface area (Å²) in [6, 6.07) is 18.1. The summed E-state index contributed by atoms with van der Waals surface area (Å²) in [6.45, 7) is 5.63. The summed E-state index contributed by atoms with van der Waals surface area (Å²) in [5.74, 6) is 0.288. The van der Waals surface area contributed by atoms with Gasteiger partial charge in [0.05, 0.1) is 0 Å². The van der Waals surface area contributed by atoms with E-state index in [2.05, 4.69) is 26.0 Å². The van der Waals surface area contributed by atoms with Gasteiger partial charge >= 0.3 is 0 Å². The number of nitrogens with two attached hydrogens (primary N) is 1. The number of halogens is 1. The molecule has 2 aromatic carbocycles. The average Bonchev–Trinajstić information content (AvgIpc) is 2.97. The minimum Gasteiger partial charge on any atom is -0.336 e. The van der Waals surface area contributed by atoms with Crippen molar-refractivity contribution in [2.75, 3.05) is 13.1 Å². The summed E-state index contributed by atoms with van der Waals surface area (Å²) in [4.78, 5) is 15.8. The number of carbonyl (C=O) groups excluding carboxylic acids is 1. The van der Waals surface area contributed by atoms with Crippen LogP contribution in [-0.4, -0.2) is 35.2 Å². The molecule has 0 unspecified atom stereocenters. The van der Waals surface area contributed by atoms with Gasteiger partial charge in [-0.2, -0.15) is 0 Å². The van der Waals surface area contributed by atoms with Crippen LogP contribution < -0.4 is 5.73 Å². The average molecular weight is 377 g/mol. The number of thioether (sulfide) groups is 1. The van der Waals surface area contributed by atoms with Crippen molar-refractivity contribution in [2.45, 2.75) is 36.0 Å². The smallest absolute Gasteiger partial charge is 0.253 e. The third-order valence-electron chi connectivity index (χ3n) is 4.35. The van der Waals surface area contributed by atoms with E-state index in [-0.39, 0.29) is 30.3 Å². The number of likely N-dealkylation sites (tertiary alicyclic amines) is 1. The standard InChI is InChI=1S/C20H24N2OS.ClH/c1-14(2)24-17-10-8-16(9-11-17)20(23)22-12-18(19(21)13-22)15-6-4-3-5-7-15;/h3-11,14,18-19H,12-13,21H2,1-2H3;1H/t18-,19+;/m0./s1. The Bertz CT molecular complexity index is 691. The topological polar surface area (TPSA) is 46.3 Å². The predicted octanol–water partition coefficient (Wildman–Crippen LogP) is 4.18. The molecule has 1 fully saturated rings. The molecule has 2 aromatic rings. The second kappa shape index (κ2) is 8.75.